The summed E-state index contributed by atoms with van der Waals surface area (Å²) in [5, 5.41) is 9.37. The molecule has 0 fully saturated rings. The van der Waals surface area contributed by atoms with Crippen molar-refractivity contribution in [1.29, 1.82) is 0 Å². The quantitative estimate of drug-likeness (QED) is 0.777. The van der Waals surface area contributed by atoms with Crippen LogP contribution >= 0.6 is 0 Å². The zero-order valence-electron chi connectivity index (χ0n) is 9.33. The number of aliphatic hydroxyl groups is 1. The molecule has 0 bridgehead atoms. The van der Waals surface area contributed by atoms with Crippen LogP contribution in [0, 0.1) is 5.41 Å². The smallest absolute Gasteiger partial charge is 0.0517 e. The molecule has 0 saturated heterocycles. The molecule has 0 spiro atoms. The molecule has 0 aromatic heterocycles. The van der Waals surface area contributed by atoms with Crippen molar-refractivity contribution >= 4 is 0 Å². The molecule has 1 nitrogen and oxygen atoms in total. The van der Waals surface area contributed by atoms with Gasteiger partial charge in [-0.05, 0) is 30.7 Å². The lowest BCUT2D eigenvalue weighted by Gasteiger charge is -2.26. The summed E-state index contributed by atoms with van der Waals surface area (Å²) in [5.41, 5.74) is 1.52. The molecule has 14 heavy (non-hydrogen) atoms. The molecular formula is C13H20O. The molecule has 0 aliphatic rings. The van der Waals surface area contributed by atoms with Crippen LogP contribution in [-0.2, 0) is 6.42 Å². The highest BCUT2D eigenvalue weighted by Crippen LogP contribution is 2.27. The number of rotatable bonds is 4. The van der Waals surface area contributed by atoms with E-state index >= 15 is 0 Å². The zero-order chi connectivity index (χ0) is 10.6. The Labute approximate surface area is 86.8 Å². The van der Waals surface area contributed by atoms with E-state index in [9.17, 15) is 5.11 Å². The molecule has 1 rings (SSSR count). The van der Waals surface area contributed by atoms with Crippen LogP contribution in [0.3, 0.4) is 0 Å². The van der Waals surface area contributed by atoms with Crippen molar-refractivity contribution in [3.63, 3.8) is 0 Å². The second-order valence-electron chi connectivity index (χ2n) is 4.88. The van der Waals surface area contributed by atoms with Gasteiger partial charge in [0.15, 0.2) is 0 Å². The Balaban J connectivity index is 2.59. The van der Waals surface area contributed by atoms with Crippen LogP contribution in [0.4, 0.5) is 0 Å². The Kier molecular flexibility index (Phi) is 3.70. The Morgan fingerprint density at radius 3 is 2.29 bits per heavy atom. The van der Waals surface area contributed by atoms with Gasteiger partial charge in [-0.25, -0.2) is 0 Å². The highest BCUT2D eigenvalue weighted by molar-refractivity contribution is 5.16. The van der Waals surface area contributed by atoms with Crippen LogP contribution in [0.5, 0.6) is 0 Å². The summed E-state index contributed by atoms with van der Waals surface area (Å²) in [7, 11) is 0. The minimum Gasteiger partial charge on any atom is -0.393 e. The molecule has 1 aromatic rings. The largest absolute Gasteiger partial charge is 0.393 e. The standard InChI is InChI=1S/C13H20O/c1-11(14)9-13(2,3)10-12-7-5-4-6-8-12/h4-8,11,14H,9-10H2,1-3H3. The maximum atomic E-state index is 9.37. The van der Waals surface area contributed by atoms with Gasteiger partial charge < -0.3 is 5.11 Å². The molecule has 1 heteroatoms. The normalized spacial score (nSPS) is 14.0. The highest BCUT2D eigenvalue weighted by Gasteiger charge is 2.20. The topological polar surface area (TPSA) is 20.2 Å². The summed E-state index contributed by atoms with van der Waals surface area (Å²) >= 11 is 0. The number of aliphatic hydroxyl groups excluding tert-OH is 1. The molecular weight excluding hydrogens is 172 g/mol. The van der Waals surface area contributed by atoms with Crippen molar-refractivity contribution < 1.29 is 5.11 Å². The molecule has 1 atom stereocenters. The average Bonchev–Trinajstić information content (AvgIpc) is 2.02. The molecule has 1 aromatic carbocycles. The fraction of sp³-hybridized carbons (Fsp3) is 0.538. The minimum absolute atomic E-state index is 0.176. The summed E-state index contributed by atoms with van der Waals surface area (Å²) < 4.78 is 0. The maximum Gasteiger partial charge on any atom is 0.0517 e. The fourth-order valence-electron chi connectivity index (χ4n) is 2.02. The second-order valence-corrected chi connectivity index (χ2v) is 4.88. The Hall–Kier alpha value is -0.820. The van der Waals surface area contributed by atoms with Gasteiger partial charge in [-0.15, -0.1) is 0 Å². The van der Waals surface area contributed by atoms with Crippen LogP contribution in [0.25, 0.3) is 0 Å². The Morgan fingerprint density at radius 1 is 1.21 bits per heavy atom. The molecule has 0 aliphatic carbocycles. The predicted octanol–water partition coefficient (Wildman–Crippen LogP) is 3.03. The first-order chi connectivity index (χ1) is 6.49. The summed E-state index contributed by atoms with van der Waals surface area (Å²) in [6, 6.07) is 10.4. The Bertz CT molecular complexity index is 262. The van der Waals surface area contributed by atoms with E-state index in [0.717, 1.165) is 12.8 Å². The molecule has 1 unspecified atom stereocenters. The van der Waals surface area contributed by atoms with E-state index in [1.165, 1.54) is 5.56 Å². The van der Waals surface area contributed by atoms with Crippen molar-refractivity contribution in [1.82, 2.24) is 0 Å². The lowest BCUT2D eigenvalue weighted by Crippen LogP contribution is -2.20. The molecule has 1 N–H and O–H groups in total. The van der Waals surface area contributed by atoms with E-state index in [0.29, 0.717) is 0 Å². The van der Waals surface area contributed by atoms with Gasteiger partial charge >= 0.3 is 0 Å². The first-order valence-corrected chi connectivity index (χ1v) is 5.22. The third-order valence-corrected chi connectivity index (χ3v) is 2.37. The van der Waals surface area contributed by atoms with Gasteiger partial charge in [0.1, 0.15) is 0 Å². The lowest BCUT2D eigenvalue weighted by molar-refractivity contribution is 0.129. The van der Waals surface area contributed by atoms with Crippen molar-refractivity contribution in [3.05, 3.63) is 35.9 Å². The highest BCUT2D eigenvalue weighted by atomic mass is 16.3. The van der Waals surface area contributed by atoms with Crippen LogP contribution < -0.4 is 0 Å². The van der Waals surface area contributed by atoms with Gasteiger partial charge in [-0.3, -0.25) is 0 Å². The number of hydrogen-bond donors (Lipinski definition) is 1. The van der Waals surface area contributed by atoms with Crippen molar-refractivity contribution in [3.8, 4) is 0 Å². The molecule has 78 valence electrons. The van der Waals surface area contributed by atoms with Crippen molar-refractivity contribution in [2.24, 2.45) is 5.41 Å². The van der Waals surface area contributed by atoms with E-state index in [1.54, 1.807) is 0 Å². The third-order valence-electron chi connectivity index (χ3n) is 2.37. The fourth-order valence-corrected chi connectivity index (χ4v) is 2.02. The maximum absolute atomic E-state index is 9.37. The monoisotopic (exact) mass is 192 g/mol. The van der Waals surface area contributed by atoms with Crippen LogP contribution in [0.15, 0.2) is 30.3 Å². The van der Waals surface area contributed by atoms with Crippen LogP contribution in [0.2, 0.25) is 0 Å². The SMILES string of the molecule is CC(O)CC(C)(C)Cc1ccccc1. The van der Waals surface area contributed by atoms with Crippen molar-refractivity contribution in [2.45, 2.75) is 39.7 Å². The van der Waals surface area contributed by atoms with Gasteiger partial charge in [0.25, 0.3) is 0 Å². The van der Waals surface area contributed by atoms with E-state index in [2.05, 4.69) is 38.1 Å². The molecule has 0 radical (unpaired) electrons. The van der Waals surface area contributed by atoms with Gasteiger partial charge in [0.05, 0.1) is 6.10 Å². The molecule has 0 aliphatic heterocycles. The van der Waals surface area contributed by atoms with E-state index in [4.69, 9.17) is 0 Å². The van der Waals surface area contributed by atoms with E-state index in [1.807, 2.05) is 13.0 Å². The summed E-state index contributed by atoms with van der Waals surface area (Å²) in [6.45, 7) is 6.26. The predicted molar refractivity (Wildman–Crippen MR) is 60.2 cm³/mol. The second kappa shape index (κ2) is 4.61. The first kappa shape index (κ1) is 11.3. The lowest BCUT2D eigenvalue weighted by atomic mass is 9.81. The van der Waals surface area contributed by atoms with Crippen LogP contribution in [-0.4, -0.2) is 11.2 Å². The van der Waals surface area contributed by atoms with Gasteiger partial charge in [-0.1, -0.05) is 44.2 Å². The minimum atomic E-state index is -0.214. The zero-order valence-corrected chi connectivity index (χ0v) is 9.33. The summed E-state index contributed by atoms with van der Waals surface area (Å²) in [6.07, 6.45) is 1.66. The number of hydrogen-bond acceptors (Lipinski definition) is 1. The summed E-state index contributed by atoms with van der Waals surface area (Å²) in [5.74, 6) is 0. The van der Waals surface area contributed by atoms with E-state index in [-0.39, 0.29) is 11.5 Å². The molecule has 0 amide bonds. The van der Waals surface area contributed by atoms with Crippen LogP contribution in [0.1, 0.15) is 32.8 Å². The summed E-state index contributed by atoms with van der Waals surface area (Å²) in [4.78, 5) is 0. The van der Waals surface area contributed by atoms with Crippen molar-refractivity contribution in [2.75, 3.05) is 0 Å². The first-order valence-electron chi connectivity index (χ1n) is 5.22. The number of benzene rings is 1. The third kappa shape index (κ3) is 3.93. The molecule has 0 heterocycles. The van der Waals surface area contributed by atoms with Gasteiger partial charge in [0.2, 0.25) is 0 Å². The molecule has 0 saturated carbocycles. The Morgan fingerprint density at radius 2 is 1.79 bits per heavy atom. The van der Waals surface area contributed by atoms with E-state index < -0.39 is 0 Å². The van der Waals surface area contributed by atoms with Gasteiger partial charge in [-0.2, -0.15) is 0 Å². The average molecular weight is 192 g/mol. The van der Waals surface area contributed by atoms with Gasteiger partial charge in [0, 0.05) is 0 Å².